The summed E-state index contributed by atoms with van der Waals surface area (Å²) in [5.41, 5.74) is 1.81. The van der Waals surface area contributed by atoms with Crippen LogP contribution in [0.2, 0.25) is 0 Å². The number of hydrogen-bond donors (Lipinski definition) is 2. The molecule has 0 atom stereocenters. The van der Waals surface area contributed by atoms with Crippen molar-refractivity contribution in [2.24, 2.45) is 0 Å². The van der Waals surface area contributed by atoms with Gasteiger partial charge in [0.1, 0.15) is 13.2 Å². The van der Waals surface area contributed by atoms with Crippen LogP contribution in [0.4, 0.5) is 0 Å². The molecule has 2 aromatic heterocycles. The first-order valence-corrected chi connectivity index (χ1v) is 8.82. The molecule has 28 heavy (non-hydrogen) atoms. The molecule has 0 aliphatic rings. The number of aliphatic hydroxyl groups is 1. The lowest BCUT2D eigenvalue weighted by molar-refractivity contribution is -0.121. The summed E-state index contributed by atoms with van der Waals surface area (Å²) in [6.07, 6.45) is 4.80. The maximum atomic E-state index is 12.3. The van der Waals surface area contributed by atoms with E-state index in [2.05, 4.69) is 10.3 Å². The van der Waals surface area contributed by atoms with Gasteiger partial charge in [-0.25, -0.2) is 0 Å². The summed E-state index contributed by atoms with van der Waals surface area (Å²) in [6, 6.07) is 14.4. The normalized spacial score (nSPS) is 10.5. The second kappa shape index (κ2) is 9.48. The number of ether oxygens (including phenoxy) is 1. The molecule has 1 aromatic carbocycles. The topological polar surface area (TPSA) is 93.5 Å². The van der Waals surface area contributed by atoms with Gasteiger partial charge in [0.25, 0.3) is 0 Å². The molecule has 0 saturated carbocycles. The van der Waals surface area contributed by atoms with E-state index in [1.165, 1.54) is 16.8 Å². The minimum Gasteiger partial charge on any atom is -0.483 e. The van der Waals surface area contributed by atoms with Crippen LogP contribution in [-0.4, -0.2) is 20.6 Å². The molecule has 144 valence electrons. The minimum atomic E-state index is -0.357. The summed E-state index contributed by atoms with van der Waals surface area (Å²) < 4.78 is 7.13. The molecule has 0 unspecified atom stereocenters. The molecule has 0 spiro atoms. The van der Waals surface area contributed by atoms with Gasteiger partial charge in [-0.05, 0) is 17.2 Å². The Kier molecular flexibility index (Phi) is 6.54. The summed E-state index contributed by atoms with van der Waals surface area (Å²) in [5.74, 6) is -0.127. The second-order valence-corrected chi connectivity index (χ2v) is 6.19. The Labute approximate surface area is 162 Å². The van der Waals surface area contributed by atoms with Gasteiger partial charge in [-0.1, -0.05) is 36.4 Å². The van der Waals surface area contributed by atoms with Crippen molar-refractivity contribution < 1.29 is 14.6 Å². The van der Waals surface area contributed by atoms with E-state index in [0.717, 1.165) is 11.1 Å². The van der Waals surface area contributed by atoms with E-state index in [1.807, 2.05) is 36.4 Å². The van der Waals surface area contributed by atoms with Crippen LogP contribution in [0, 0.1) is 0 Å². The van der Waals surface area contributed by atoms with Gasteiger partial charge in [0.05, 0.1) is 12.8 Å². The summed E-state index contributed by atoms with van der Waals surface area (Å²) in [4.78, 5) is 28.5. The average Bonchev–Trinajstić information content (AvgIpc) is 2.73. The summed E-state index contributed by atoms with van der Waals surface area (Å²) in [6.45, 7) is 0.183. The van der Waals surface area contributed by atoms with Crippen molar-refractivity contribution in [1.29, 1.82) is 0 Å². The summed E-state index contributed by atoms with van der Waals surface area (Å²) in [7, 11) is 0. The van der Waals surface area contributed by atoms with Gasteiger partial charge in [-0.2, -0.15) is 0 Å². The molecular weight excluding hydrogens is 358 g/mol. The lowest BCUT2D eigenvalue weighted by Crippen LogP contribution is -2.29. The molecule has 7 heteroatoms. The number of hydrogen-bond acceptors (Lipinski definition) is 5. The van der Waals surface area contributed by atoms with Gasteiger partial charge in [0, 0.05) is 30.7 Å². The van der Waals surface area contributed by atoms with Crippen molar-refractivity contribution in [2.45, 2.75) is 26.3 Å². The summed E-state index contributed by atoms with van der Waals surface area (Å²) >= 11 is 0. The number of carbonyl (C=O) groups excluding carboxylic acids is 1. The molecule has 3 aromatic rings. The van der Waals surface area contributed by atoms with E-state index in [-0.39, 0.29) is 36.8 Å². The van der Waals surface area contributed by atoms with Gasteiger partial charge in [-0.3, -0.25) is 14.6 Å². The largest absolute Gasteiger partial charge is 0.483 e. The fourth-order valence-electron chi connectivity index (χ4n) is 2.63. The highest BCUT2D eigenvalue weighted by atomic mass is 16.5. The number of nitrogens with one attached hydrogen (secondary N) is 1. The van der Waals surface area contributed by atoms with Crippen molar-refractivity contribution in [2.75, 3.05) is 0 Å². The van der Waals surface area contributed by atoms with E-state index in [0.29, 0.717) is 12.2 Å². The highest BCUT2D eigenvalue weighted by molar-refractivity contribution is 5.75. The number of pyridine rings is 2. The van der Waals surface area contributed by atoms with Crippen molar-refractivity contribution in [3.05, 3.63) is 94.2 Å². The number of benzene rings is 1. The van der Waals surface area contributed by atoms with Crippen LogP contribution >= 0.6 is 0 Å². The van der Waals surface area contributed by atoms with Crippen LogP contribution in [-0.2, 0) is 31.1 Å². The van der Waals surface area contributed by atoms with Gasteiger partial charge in [0.2, 0.25) is 11.3 Å². The number of aliphatic hydroxyl groups excluding tert-OH is 1. The van der Waals surface area contributed by atoms with Crippen LogP contribution in [0.1, 0.15) is 16.8 Å². The van der Waals surface area contributed by atoms with E-state index in [9.17, 15) is 14.7 Å². The predicted octanol–water partition coefficient (Wildman–Crippen LogP) is 1.63. The van der Waals surface area contributed by atoms with Crippen molar-refractivity contribution in [3.63, 3.8) is 0 Å². The Balaban J connectivity index is 1.68. The fraction of sp³-hybridized carbons (Fsp3) is 0.190. The Morgan fingerprint density at radius 2 is 1.93 bits per heavy atom. The first-order chi connectivity index (χ1) is 13.7. The molecule has 2 N–H and O–H groups in total. The van der Waals surface area contributed by atoms with Crippen LogP contribution < -0.4 is 15.5 Å². The number of rotatable bonds is 8. The summed E-state index contributed by atoms with van der Waals surface area (Å²) in [5, 5.41) is 12.3. The minimum absolute atomic E-state index is 0.0435. The lowest BCUT2D eigenvalue weighted by atomic mass is 10.2. The number of nitrogens with zero attached hydrogens (tertiary/aromatic N) is 2. The molecule has 0 radical (unpaired) electrons. The molecule has 0 saturated heterocycles. The maximum absolute atomic E-state index is 12.3. The Morgan fingerprint density at radius 3 is 2.64 bits per heavy atom. The van der Waals surface area contributed by atoms with Crippen molar-refractivity contribution >= 4 is 5.91 Å². The van der Waals surface area contributed by atoms with E-state index in [4.69, 9.17) is 4.74 Å². The smallest absolute Gasteiger partial charge is 0.240 e. The Bertz CT molecular complexity index is 972. The first kappa shape index (κ1) is 19.3. The molecule has 0 bridgehead atoms. The molecule has 1 amide bonds. The fourth-order valence-corrected chi connectivity index (χ4v) is 2.63. The molecule has 0 aliphatic heterocycles. The van der Waals surface area contributed by atoms with E-state index in [1.54, 1.807) is 18.5 Å². The second-order valence-electron chi connectivity index (χ2n) is 6.19. The van der Waals surface area contributed by atoms with Crippen molar-refractivity contribution in [1.82, 2.24) is 14.9 Å². The Morgan fingerprint density at radius 1 is 1.14 bits per heavy atom. The number of amides is 1. The third-order valence-corrected chi connectivity index (χ3v) is 4.11. The zero-order valence-electron chi connectivity index (χ0n) is 15.2. The standard InChI is InChI=1S/C21H21N3O4/c25-14-18-9-19(26)20(28-15-16-5-2-1-3-6-16)12-24(18)13-21(27)23-11-17-7-4-8-22-10-17/h1-10,12,25H,11,13-15H2,(H,23,27). The predicted molar refractivity (Wildman–Crippen MR) is 103 cm³/mol. The molecule has 2 heterocycles. The van der Waals surface area contributed by atoms with Crippen molar-refractivity contribution in [3.8, 4) is 5.75 Å². The van der Waals surface area contributed by atoms with E-state index < -0.39 is 0 Å². The molecule has 7 nitrogen and oxygen atoms in total. The van der Waals surface area contributed by atoms with E-state index >= 15 is 0 Å². The first-order valence-electron chi connectivity index (χ1n) is 8.82. The molecule has 3 rings (SSSR count). The number of carbonyl (C=O) groups is 1. The van der Waals surface area contributed by atoms with Crippen LogP contribution in [0.5, 0.6) is 5.75 Å². The highest BCUT2D eigenvalue weighted by Gasteiger charge is 2.11. The van der Waals surface area contributed by atoms with Crippen LogP contribution in [0.3, 0.4) is 0 Å². The maximum Gasteiger partial charge on any atom is 0.240 e. The van der Waals surface area contributed by atoms with Gasteiger partial charge < -0.3 is 19.7 Å². The number of aromatic nitrogens is 2. The highest BCUT2D eigenvalue weighted by Crippen LogP contribution is 2.10. The SMILES string of the molecule is O=C(Cn1cc(OCc2ccccc2)c(=O)cc1CO)NCc1cccnc1. The Hall–Kier alpha value is -3.45. The molecular formula is C21H21N3O4. The zero-order chi connectivity index (χ0) is 19.8. The third kappa shape index (κ3) is 5.28. The zero-order valence-corrected chi connectivity index (χ0v) is 15.2. The third-order valence-electron chi connectivity index (χ3n) is 4.11. The lowest BCUT2D eigenvalue weighted by Gasteiger charge is -2.14. The van der Waals surface area contributed by atoms with Gasteiger partial charge in [0.15, 0.2) is 5.75 Å². The van der Waals surface area contributed by atoms with Crippen LogP contribution in [0.15, 0.2) is 71.9 Å². The van der Waals surface area contributed by atoms with Gasteiger partial charge >= 0.3 is 0 Å². The van der Waals surface area contributed by atoms with Gasteiger partial charge in [-0.15, -0.1) is 0 Å². The average molecular weight is 379 g/mol. The van der Waals surface area contributed by atoms with Crippen LogP contribution in [0.25, 0.3) is 0 Å². The molecule has 0 aliphatic carbocycles. The molecule has 0 fully saturated rings. The quantitative estimate of drug-likeness (QED) is 0.621. The monoisotopic (exact) mass is 379 g/mol.